The predicted molar refractivity (Wildman–Crippen MR) is 82.8 cm³/mol. The van der Waals surface area contributed by atoms with Crippen LogP contribution in [-0.2, 0) is 5.41 Å². The lowest BCUT2D eigenvalue weighted by Crippen LogP contribution is -2.52. The van der Waals surface area contributed by atoms with Gasteiger partial charge in [0.15, 0.2) is 5.60 Å². The number of para-hydroxylation sites is 1. The molecule has 2 N–H and O–H groups in total. The molecule has 1 rings (SSSR count). The molecule has 0 saturated carbocycles. The molecular weight excluding hydrogens is 309 g/mol. The molecule has 0 aliphatic rings. The summed E-state index contributed by atoms with van der Waals surface area (Å²) < 4.78 is 44.7. The molecule has 0 aromatic heterocycles. The fraction of sp³-hybridized carbons (Fsp3) is 0.647. The second kappa shape index (κ2) is 6.69. The van der Waals surface area contributed by atoms with Gasteiger partial charge in [0.2, 0.25) is 0 Å². The zero-order valence-electron chi connectivity index (χ0n) is 14.2. The Hall–Kier alpha value is -1.27. The smallest absolute Gasteiger partial charge is 0.419 e. The second-order valence-corrected chi connectivity index (χ2v) is 6.83. The van der Waals surface area contributed by atoms with Crippen LogP contribution in [0.25, 0.3) is 0 Å². The Morgan fingerprint density at radius 1 is 1.17 bits per heavy atom. The van der Waals surface area contributed by atoms with Gasteiger partial charge in [0, 0.05) is 5.56 Å². The van der Waals surface area contributed by atoms with Crippen LogP contribution < -0.4 is 4.74 Å². The van der Waals surface area contributed by atoms with Gasteiger partial charge in [0.25, 0.3) is 0 Å². The standard InChI is InChI=1S/C17H25F3O3/c1-11(2)12-7-6-8-13(14(12)23-5)15(3,4)9-16(22,10-21)17(18,19)20/h6-8,11,21-22H,9-10H2,1-5H3. The molecule has 0 heterocycles. The van der Waals surface area contributed by atoms with E-state index in [1.807, 2.05) is 19.9 Å². The zero-order chi connectivity index (χ0) is 18.1. The highest BCUT2D eigenvalue weighted by atomic mass is 19.4. The van der Waals surface area contributed by atoms with Gasteiger partial charge < -0.3 is 14.9 Å². The minimum absolute atomic E-state index is 0.139. The predicted octanol–water partition coefficient (Wildman–Crippen LogP) is 3.77. The number of hydrogen-bond donors (Lipinski definition) is 2. The lowest BCUT2D eigenvalue weighted by Gasteiger charge is -2.37. The highest BCUT2D eigenvalue weighted by Gasteiger charge is 2.56. The average Bonchev–Trinajstić information content (AvgIpc) is 2.44. The molecule has 3 nitrogen and oxygen atoms in total. The average molecular weight is 334 g/mol. The van der Waals surface area contributed by atoms with Crippen molar-refractivity contribution in [3.8, 4) is 5.75 Å². The molecule has 1 aromatic carbocycles. The molecule has 1 atom stereocenters. The van der Waals surface area contributed by atoms with Crippen molar-refractivity contribution in [2.45, 2.75) is 57.2 Å². The van der Waals surface area contributed by atoms with E-state index >= 15 is 0 Å². The summed E-state index contributed by atoms with van der Waals surface area (Å²) >= 11 is 0. The molecule has 0 bridgehead atoms. The van der Waals surface area contributed by atoms with Crippen LogP contribution in [0.1, 0.15) is 51.2 Å². The molecule has 0 fully saturated rings. The van der Waals surface area contributed by atoms with Crippen molar-refractivity contribution in [2.75, 3.05) is 13.7 Å². The van der Waals surface area contributed by atoms with E-state index < -0.39 is 30.2 Å². The highest BCUT2D eigenvalue weighted by Crippen LogP contribution is 2.44. The quantitative estimate of drug-likeness (QED) is 0.832. The summed E-state index contributed by atoms with van der Waals surface area (Å²) in [5.74, 6) is 0.662. The molecule has 23 heavy (non-hydrogen) atoms. The minimum atomic E-state index is -4.91. The lowest BCUT2D eigenvalue weighted by atomic mass is 9.74. The summed E-state index contributed by atoms with van der Waals surface area (Å²) in [6.45, 7) is 5.75. The van der Waals surface area contributed by atoms with Gasteiger partial charge in [-0.25, -0.2) is 0 Å². The highest BCUT2D eigenvalue weighted by molar-refractivity contribution is 5.47. The van der Waals surface area contributed by atoms with Crippen LogP contribution in [0.2, 0.25) is 0 Å². The van der Waals surface area contributed by atoms with Crippen molar-refractivity contribution < 1.29 is 28.1 Å². The van der Waals surface area contributed by atoms with Crippen LogP contribution in [-0.4, -0.2) is 35.7 Å². The molecule has 6 heteroatoms. The van der Waals surface area contributed by atoms with Gasteiger partial charge in [-0.15, -0.1) is 0 Å². The number of alkyl halides is 3. The number of aliphatic hydroxyl groups excluding tert-OH is 1. The fourth-order valence-corrected chi connectivity index (χ4v) is 2.84. The van der Waals surface area contributed by atoms with Crippen molar-refractivity contribution in [1.29, 1.82) is 0 Å². The number of halogens is 3. The van der Waals surface area contributed by atoms with Crippen molar-refractivity contribution in [2.24, 2.45) is 0 Å². The van der Waals surface area contributed by atoms with Gasteiger partial charge in [-0.3, -0.25) is 0 Å². The first-order valence-electron chi connectivity index (χ1n) is 7.47. The molecule has 1 unspecified atom stereocenters. The number of methoxy groups -OCH3 is 1. The van der Waals surface area contributed by atoms with Gasteiger partial charge in [0.1, 0.15) is 5.75 Å². The molecule has 0 spiro atoms. The van der Waals surface area contributed by atoms with E-state index in [1.165, 1.54) is 7.11 Å². The molecule has 0 radical (unpaired) electrons. The van der Waals surface area contributed by atoms with Crippen LogP contribution in [0.15, 0.2) is 18.2 Å². The Morgan fingerprint density at radius 3 is 2.13 bits per heavy atom. The van der Waals surface area contributed by atoms with Gasteiger partial charge in [-0.05, 0) is 23.3 Å². The summed E-state index contributed by atoms with van der Waals surface area (Å²) in [6, 6.07) is 5.32. The molecule has 0 amide bonds. The van der Waals surface area contributed by atoms with E-state index in [4.69, 9.17) is 9.84 Å². The maximum Gasteiger partial charge on any atom is 0.419 e. The number of rotatable bonds is 6. The van der Waals surface area contributed by atoms with Gasteiger partial charge >= 0.3 is 6.18 Å². The normalized spacial score (nSPS) is 15.6. The topological polar surface area (TPSA) is 49.7 Å². The number of benzene rings is 1. The van der Waals surface area contributed by atoms with E-state index in [0.717, 1.165) is 5.56 Å². The van der Waals surface area contributed by atoms with E-state index in [1.54, 1.807) is 26.0 Å². The monoisotopic (exact) mass is 334 g/mol. The van der Waals surface area contributed by atoms with Gasteiger partial charge in [-0.1, -0.05) is 45.9 Å². The fourth-order valence-electron chi connectivity index (χ4n) is 2.84. The first kappa shape index (κ1) is 19.8. The number of ether oxygens (including phenoxy) is 1. The van der Waals surface area contributed by atoms with E-state index in [2.05, 4.69) is 0 Å². The summed E-state index contributed by atoms with van der Waals surface area (Å²) in [7, 11) is 1.47. The molecule has 1 aromatic rings. The van der Waals surface area contributed by atoms with Gasteiger partial charge in [-0.2, -0.15) is 13.2 Å². The molecule has 132 valence electrons. The summed E-state index contributed by atoms with van der Waals surface area (Å²) in [5, 5.41) is 19.0. The van der Waals surface area contributed by atoms with Crippen molar-refractivity contribution in [1.82, 2.24) is 0 Å². The summed E-state index contributed by atoms with van der Waals surface area (Å²) in [6.07, 6.45) is -5.58. The largest absolute Gasteiger partial charge is 0.496 e. The zero-order valence-corrected chi connectivity index (χ0v) is 14.2. The van der Waals surface area contributed by atoms with Crippen molar-refractivity contribution in [3.63, 3.8) is 0 Å². The Kier molecular flexibility index (Phi) is 5.75. The minimum Gasteiger partial charge on any atom is -0.496 e. The Labute approximate surface area is 135 Å². The third-order valence-electron chi connectivity index (χ3n) is 4.12. The Morgan fingerprint density at radius 2 is 1.74 bits per heavy atom. The molecule has 0 aliphatic heterocycles. The van der Waals surface area contributed by atoms with Crippen LogP contribution in [0.4, 0.5) is 13.2 Å². The third kappa shape index (κ3) is 3.98. The molecule has 0 aliphatic carbocycles. The van der Waals surface area contributed by atoms with Gasteiger partial charge in [0.05, 0.1) is 13.7 Å². The first-order chi connectivity index (χ1) is 10.4. The molecular formula is C17H25F3O3. The summed E-state index contributed by atoms with van der Waals surface area (Å²) in [4.78, 5) is 0. The SMILES string of the molecule is COc1c(C(C)C)cccc1C(C)(C)CC(O)(CO)C(F)(F)F. The number of aliphatic hydroxyl groups is 2. The Bertz CT molecular complexity index is 538. The maximum absolute atomic E-state index is 13.1. The van der Waals surface area contributed by atoms with Crippen LogP contribution in [0, 0.1) is 0 Å². The summed E-state index contributed by atoms with van der Waals surface area (Å²) in [5.41, 5.74) is -2.75. The number of hydrogen-bond acceptors (Lipinski definition) is 3. The van der Waals surface area contributed by atoms with Crippen molar-refractivity contribution >= 4 is 0 Å². The van der Waals surface area contributed by atoms with E-state index in [9.17, 15) is 18.3 Å². The van der Waals surface area contributed by atoms with Crippen molar-refractivity contribution in [3.05, 3.63) is 29.3 Å². The maximum atomic E-state index is 13.1. The van der Waals surface area contributed by atoms with E-state index in [0.29, 0.717) is 11.3 Å². The Balaban J connectivity index is 3.36. The van der Waals surface area contributed by atoms with E-state index in [-0.39, 0.29) is 5.92 Å². The second-order valence-electron chi connectivity index (χ2n) is 6.83. The first-order valence-corrected chi connectivity index (χ1v) is 7.47. The van der Waals surface area contributed by atoms with Crippen LogP contribution >= 0.6 is 0 Å². The van der Waals surface area contributed by atoms with Crippen LogP contribution in [0.5, 0.6) is 5.75 Å². The molecule has 0 saturated heterocycles. The lowest BCUT2D eigenvalue weighted by molar-refractivity contribution is -0.277. The van der Waals surface area contributed by atoms with Crippen LogP contribution in [0.3, 0.4) is 0 Å². The third-order valence-corrected chi connectivity index (χ3v) is 4.12.